The third-order valence-electron chi connectivity index (χ3n) is 16.5. The van der Waals surface area contributed by atoms with Crippen molar-refractivity contribution >= 4 is 90.1 Å². The van der Waals surface area contributed by atoms with Gasteiger partial charge in [-0.1, -0.05) is 189 Å². The number of para-hydroxylation sites is 1. The first-order valence-electron chi connectivity index (χ1n) is 27.3. The summed E-state index contributed by atoms with van der Waals surface area (Å²) < 4.78 is 5.16. The van der Waals surface area contributed by atoms with Gasteiger partial charge in [0.15, 0.2) is 0 Å². The second kappa shape index (κ2) is 16.6. The van der Waals surface area contributed by atoms with Gasteiger partial charge < -0.3 is 18.9 Å². The molecule has 75 heavy (non-hydrogen) atoms. The molecule has 2 aromatic heterocycles. The lowest BCUT2D eigenvalue weighted by Gasteiger charge is -2.44. The molecule has 0 radical (unpaired) electrons. The Morgan fingerprint density at radius 3 is 1.24 bits per heavy atom. The van der Waals surface area contributed by atoms with Crippen LogP contribution < -0.4 is 26.3 Å². The van der Waals surface area contributed by atoms with E-state index < -0.39 is 0 Å². The molecule has 0 fully saturated rings. The standard InChI is InChI=1S/C70H73BN4/c1-66(2,3)44-23-32-49(33-24-44)72-57-20-17-16-19-53(57)54-42-55-62(43-61(54)72)75(52-38-29-47(30-39-52)69(10,11)12)65-64(55)74(51-36-27-46(28-37-51)68(7,8)9)60-22-18-21-59-63(60)71(65)56-41-48(70(13,14)15)31-40-58(56)73(59)50-34-25-45(26-35-50)67(4,5)6/h16-43H,1-15H3. The Balaban J connectivity index is 1.24. The zero-order valence-electron chi connectivity index (χ0n) is 47.0. The molecule has 10 aromatic rings. The van der Waals surface area contributed by atoms with Gasteiger partial charge in [0.2, 0.25) is 0 Å². The average Bonchev–Trinajstić information content (AvgIpc) is 3.93. The summed E-state index contributed by atoms with van der Waals surface area (Å²) in [5, 5.41) is 3.72. The van der Waals surface area contributed by atoms with Gasteiger partial charge in [0.05, 0.1) is 22.2 Å². The normalized spacial score (nSPS) is 14.0. The Morgan fingerprint density at radius 1 is 0.307 bits per heavy atom. The highest BCUT2D eigenvalue weighted by Crippen LogP contribution is 2.49. The topological polar surface area (TPSA) is 16.3 Å². The molecule has 0 saturated carbocycles. The van der Waals surface area contributed by atoms with Crippen molar-refractivity contribution in [3.63, 3.8) is 0 Å². The maximum atomic E-state index is 2.66. The average molecular weight is 981 g/mol. The van der Waals surface area contributed by atoms with E-state index in [9.17, 15) is 0 Å². The van der Waals surface area contributed by atoms with Gasteiger partial charge in [-0.05, 0) is 151 Å². The van der Waals surface area contributed by atoms with Crippen LogP contribution in [0.5, 0.6) is 0 Å². The van der Waals surface area contributed by atoms with Crippen LogP contribution in [0.3, 0.4) is 0 Å². The van der Waals surface area contributed by atoms with E-state index >= 15 is 0 Å². The molecule has 0 atom stereocenters. The number of nitrogens with zero attached hydrogens (tertiary/aromatic N) is 4. The fourth-order valence-corrected chi connectivity index (χ4v) is 12.2. The molecule has 0 amide bonds. The van der Waals surface area contributed by atoms with Gasteiger partial charge in [0, 0.05) is 61.6 Å². The van der Waals surface area contributed by atoms with Crippen LogP contribution in [0.25, 0.3) is 44.1 Å². The molecule has 5 heteroatoms. The number of benzene rings is 8. The highest BCUT2D eigenvalue weighted by atomic mass is 15.2. The molecule has 0 bridgehead atoms. The van der Waals surface area contributed by atoms with Gasteiger partial charge in [0.25, 0.3) is 6.71 Å². The van der Waals surface area contributed by atoms with E-state index in [4.69, 9.17) is 0 Å². The van der Waals surface area contributed by atoms with Crippen LogP contribution in [0, 0.1) is 0 Å². The van der Waals surface area contributed by atoms with Gasteiger partial charge in [-0.3, -0.25) is 0 Å². The van der Waals surface area contributed by atoms with Crippen molar-refractivity contribution in [1.29, 1.82) is 0 Å². The molecule has 0 N–H and O–H groups in total. The first-order valence-corrected chi connectivity index (χ1v) is 27.3. The molecule has 0 spiro atoms. The summed E-state index contributed by atoms with van der Waals surface area (Å²) in [6.45, 7) is 34.6. The summed E-state index contributed by atoms with van der Waals surface area (Å²) in [5.74, 6) is 0. The van der Waals surface area contributed by atoms with Crippen LogP contribution in [-0.4, -0.2) is 15.8 Å². The second-order valence-electron chi connectivity index (χ2n) is 26.8. The minimum atomic E-state index is -0.114. The predicted octanol–water partition coefficient (Wildman–Crippen LogP) is 17.3. The zero-order valence-corrected chi connectivity index (χ0v) is 47.0. The molecule has 2 aliphatic rings. The van der Waals surface area contributed by atoms with E-state index in [1.165, 1.54) is 99.8 Å². The molecule has 12 rings (SSSR count). The van der Waals surface area contributed by atoms with E-state index in [1.54, 1.807) is 0 Å². The van der Waals surface area contributed by atoms with E-state index in [-0.39, 0.29) is 33.8 Å². The highest BCUT2D eigenvalue weighted by Gasteiger charge is 2.47. The number of fused-ring (bicyclic) bond motifs is 9. The number of rotatable bonds is 4. The summed E-state index contributed by atoms with van der Waals surface area (Å²) in [4.78, 5) is 5.17. The summed E-state index contributed by atoms with van der Waals surface area (Å²) in [6, 6.07) is 66.0. The number of hydrogen-bond donors (Lipinski definition) is 0. The molecule has 0 unspecified atom stereocenters. The number of hydrogen-bond acceptors (Lipinski definition) is 2. The smallest absolute Gasteiger partial charge is 0.273 e. The molecule has 0 aliphatic carbocycles. The Labute approximate surface area is 446 Å². The molecule has 4 heterocycles. The molecular weight excluding hydrogens is 908 g/mol. The maximum Gasteiger partial charge on any atom is 0.273 e. The van der Waals surface area contributed by atoms with Crippen LogP contribution in [0.1, 0.15) is 132 Å². The quantitative estimate of drug-likeness (QED) is 0.163. The number of anilines is 6. The molecule has 0 saturated heterocycles. The Morgan fingerprint density at radius 2 is 0.733 bits per heavy atom. The van der Waals surface area contributed by atoms with E-state index in [0.29, 0.717) is 0 Å². The first kappa shape index (κ1) is 48.7. The largest absolute Gasteiger partial charge is 0.319 e. The van der Waals surface area contributed by atoms with Crippen LogP contribution in [0.4, 0.5) is 34.1 Å². The molecule has 4 nitrogen and oxygen atoms in total. The number of aromatic nitrogens is 2. The lowest BCUT2D eigenvalue weighted by atomic mass is 9.34. The van der Waals surface area contributed by atoms with Crippen molar-refractivity contribution in [3.05, 3.63) is 198 Å². The van der Waals surface area contributed by atoms with Crippen LogP contribution in [0.2, 0.25) is 0 Å². The van der Waals surface area contributed by atoms with Crippen molar-refractivity contribution in [2.24, 2.45) is 0 Å². The SMILES string of the molecule is CC(C)(C)c1ccc(N2c3ccc(C(C)(C)C)cc3B3c4c2cccc4N(c2ccc(C(C)(C)C)cc2)c2c3n(-c3ccc(C(C)(C)C)cc3)c3cc4c(cc23)c2ccccc2n4-c2ccc(C(C)(C)C)cc2)cc1. The van der Waals surface area contributed by atoms with Gasteiger partial charge in [-0.2, -0.15) is 0 Å². The van der Waals surface area contributed by atoms with Gasteiger partial charge in [0.1, 0.15) is 0 Å². The van der Waals surface area contributed by atoms with E-state index in [1.807, 2.05) is 0 Å². The second-order valence-corrected chi connectivity index (χ2v) is 26.8. The maximum absolute atomic E-state index is 2.66. The van der Waals surface area contributed by atoms with E-state index in [2.05, 4.69) is 293 Å². The summed E-state index contributed by atoms with van der Waals surface area (Å²) in [5.41, 5.74) is 23.6. The van der Waals surface area contributed by atoms with Gasteiger partial charge >= 0.3 is 0 Å². The summed E-state index contributed by atoms with van der Waals surface area (Å²) >= 11 is 0. The third kappa shape index (κ3) is 7.86. The predicted molar refractivity (Wildman–Crippen MR) is 325 cm³/mol. The summed E-state index contributed by atoms with van der Waals surface area (Å²) in [6.07, 6.45) is 0. The van der Waals surface area contributed by atoms with Crippen molar-refractivity contribution in [2.45, 2.75) is 131 Å². The Hall–Kier alpha value is -7.24. The van der Waals surface area contributed by atoms with Crippen molar-refractivity contribution in [2.75, 3.05) is 9.80 Å². The van der Waals surface area contributed by atoms with Gasteiger partial charge in [-0.25, -0.2) is 0 Å². The molecule has 376 valence electrons. The van der Waals surface area contributed by atoms with Crippen LogP contribution in [0.15, 0.2) is 170 Å². The fraction of sp³-hybridized carbons (Fsp3) is 0.286. The summed E-state index contributed by atoms with van der Waals surface area (Å²) in [7, 11) is 0. The minimum absolute atomic E-state index is 0.00222. The minimum Gasteiger partial charge on any atom is -0.319 e. The van der Waals surface area contributed by atoms with Gasteiger partial charge in [-0.15, -0.1) is 0 Å². The Kier molecular flexibility index (Phi) is 10.8. The fourth-order valence-electron chi connectivity index (χ4n) is 12.2. The zero-order chi connectivity index (χ0) is 52.9. The Bertz CT molecular complexity index is 3870. The lowest BCUT2D eigenvalue weighted by Crippen LogP contribution is -2.63. The monoisotopic (exact) mass is 981 g/mol. The van der Waals surface area contributed by atoms with Crippen molar-refractivity contribution in [3.8, 4) is 11.4 Å². The third-order valence-corrected chi connectivity index (χ3v) is 16.5. The first-order chi connectivity index (χ1) is 35.4. The van der Waals surface area contributed by atoms with Crippen molar-refractivity contribution in [1.82, 2.24) is 9.13 Å². The lowest BCUT2D eigenvalue weighted by molar-refractivity contribution is 0.590. The molecular formula is C70H73BN4. The molecule has 2 aliphatic heterocycles. The van der Waals surface area contributed by atoms with Crippen LogP contribution in [-0.2, 0) is 27.1 Å². The van der Waals surface area contributed by atoms with E-state index in [0.717, 1.165) is 22.7 Å². The van der Waals surface area contributed by atoms with Crippen LogP contribution >= 0.6 is 0 Å². The molecule has 8 aromatic carbocycles. The van der Waals surface area contributed by atoms with Crippen molar-refractivity contribution < 1.29 is 0 Å². The highest BCUT2D eigenvalue weighted by molar-refractivity contribution is 7.00.